The summed E-state index contributed by atoms with van der Waals surface area (Å²) in [6.07, 6.45) is 0. The molecule has 0 spiro atoms. The molecular formula is C32H32N2. The Morgan fingerprint density at radius 3 is 1.62 bits per heavy atom. The molecule has 0 saturated carbocycles. The SMILES string of the molecule is Cc1cc(C)cc(N=C2C(=Nc3c(C(C)C)cccc3C(C)C)c3cccc4cccc2c34)c1. The molecule has 0 bridgehead atoms. The Hall–Kier alpha value is -3.52. The summed E-state index contributed by atoms with van der Waals surface area (Å²) >= 11 is 0. The van der Waals surface area contributed by atoms with Crippen LogP contribution in [0, 0.1) is 13.8 Å². The maximum Gasteiger partial charge on any atom is 0.0979 e. The zero-order chi connectivity index (χ0) is 24.0. The van der Waals surface area contributed by atoms with E-state index < -0.39 is 0 Å². The van der Waals surface area contributed by atoms with Crippen molar-refractivity contribution in [3.8, 4) is 0 Å². The van der Waals surface area contributed by atoms with Crippen LogP contribution in [0.2, 0.25) is 0 Å². The van der Waals surface area contributed by atoms with Crippen LogP contribution in [0.1, 0.15) is 72.9 Å². The van der Waals surface area contributed by atoms with Crippen LogP contribution >= 0.6 is 0 Å². The fourth-order valence-electron chi connectivity index (χ4n) is 5.11. The van der Waals surface area contributed by atoms with Gasteiger partial charge in [-0.15, -0.1) is 0 Å². The summed E-state index contributed by atoms with van der Waals surface area (Å²) in [5, 5.41) is 2.48. The maximum atomic E-state index is 5.45. The first kappa shape index (κ1) is 22.3. The molecule has 0 aromatic heterocycles. The molecule has 0 heterocycles. The first-order valence-corrected chi connectivity index (χ1v) is 12.2. The molecule has 1 aliphatic rings. The van der Waals surface area contributed by atoms with Crippen LogP contribution in [0.4, 0.5) is 11.4 Å². The molecule has 1 aliphatic carbocycles. The summed E-state index contributed by atoms with van der Waals surface area (Å²) in [6, 6.07) is 26.1. The number of hydrogen-bond acceptors (Lipinski definition) is 2. The number of rotatable bonds is 4. The van der Waals surface area contributed by atoms with Crippen LogP contribution in [0.25, 0.3) is 10.8 Å². The second-order valence-electron chi connectivity index (χ2n) is 10.1. The standard InChI is InChI=1S/C32H32N2/c1-19(2)25-12-9-13-26(20(3)4)30(25)34-32-28-15-8-11-23-10-7-14-27(29(23)28)31(32)33-24-17-21(5)16-22(6)18-24/h7-20H,1-6H3. The van der Waals surface area contributed by atoms with Gasteiger partial charge < -0.3 is 0 Å². The summed E-state index contributed by atoms with van der Waals surface area (Å²) in [4.78, 5) is 10.7. The Morgan fingerprint density at radius 2 is 1.09 bits per heavy atom. The van der Waals surface area contributed by atoms with Crippen molar-refractivity contribution < 1.29 is 0 Å². The first-order chi connectivity index (χ1) is 16.3. The number of hydrogen-bond donors (Lipinski definition) is 0. The van der Waals surface area contributed by atoms with Gasteiger partial charge in [-0.2, -0.15) is 0 Å². The Morgan fingerprint density at radius 1 is 0.588 bits per heavy atom. The van der Waals surface area contributed by atoms with E-state index in [1.54, 1.807) is 0 Å². The molecule has 0 unspecified atom stereocenters. The van der Waals surface area contributed by atoms with E-state index in [2.05, 4.69) is 114 Å². The predicted octanol–water partition coefficient (Wildman–Crippen LogP) is 8.96. The molecule has 0 atom stereocenters. The largest absolute Gasteiger partial charge is 0.246 e. The van der Waals surface area contributed by atoms with Crippen LogP contribution < -0.4 is 0 Å². The zero-order valence-electron chi connectivity index (χ0n) is 21.0. The maximum absolute atomic E-state index is 5.45. The van der Waals surface area contributed by atoms with Gasteiger partial charge in [0.15, 0.2) is 0 Å². The molecule has 4 aromatic rings. The van der Waals surface area contributed by atoms with Crippen molar-refractivity contribution in [2.24, 2.45) is 9.98 Å². The first-order valence-electron chi connectivity index (χ1n) is 12.2. The average molecular weight is 445 g/mol. The van der Waals surface area contributed by atoms with E-state index in [-0.39, 0.29) is 0 Å². The molecular weight excluding hydrogens is 412 g/mol. The summed E-state index contributed by atoms with van der Waals surface area (Å²) < 4.78 is 0. The lowest BCUT2D eigenvalue weighted by molar-refractivity contribution is 0.835. The monoisotopic (exact) mass is 444 g/mol. The van der Waals surface area contributed by atoms with Crippen molar-refractivity contribution in [2.45, 2.75) is 53.4 Å². The Labute approximate surface area is 203 Å². The van der Waals surface area contributed by atoms with Gasteiger partial charge in [0.1, 0.15) is 0 Å². The van der Waals surface area contributed by atoms with Crippen LogP contribution in [-0.4, -0.2) is 11.4 Å². The van der Waals surface area contributed by atoms with Gasteiger partial charge >= 0.3 is 0 Å². The topological polar surface area (TPSA) is 24.7 Å². The quantitative estimate of drug-likeness (QED) is 0.300. The number of benzene rings is 4. The smallest absolute Gasteiger partial charge is 0.0979 e. The lowest BCUT2D eigenvalue weighted by Crippen LogP contribution is -2.11. The normalized spacial score (nSPS) is 15.4. The number of para-hydroxylation sites is 1. The Bertz CT molecular complexity index is 1420. The van der Waals surface area contributed by atoms with Crippen LogP contribution in [0.5, 0.6) is 0 Å². The molecule has 0 aliphatic heterocycles. The van der Waals surface area contributed by atoms with Crippen LogP contribution in [-0.2, 0) is 0 Å². The molecule has 34 heavy (non-hydrogen) atoms. The third kappa shape index (κ3) is 3.88. The van der Waals surface area contributed by atoms with Gasteiger partial charge in [-0.05, 0) is 65.5 Å². The molecule has 0 amide bonds. The summed E-state index contributed by atoms with van der Waals surface area (Å²) in [5.74, 6) is 0.773. The Balaban J connectivity index is 1.83. The summed E-state index contributed by atoms with van der Waals surface area (Å²) in [6.45, 7) is 13.2. The van der Waals surface area contributed by atoms with Gasteiger partial charge in [-0.1, -0.05) is 88.4 Å². The second kappa shape index (κ2) is 8.68. The molecule has 4 aromatic carbocycles. The van der Waals surface area contributed by atoms with E-state index in [4.69, 9.17) is 9.98 Å². The highest BCUT2D eigenvalue weighted by atomic mass is 14.8. The van der Waals surface area contributed by atoms with Crippen molar-refractivity contribution >= 4 is 33.6 Å². The second-order valence-corrected chi connectivity index (χ2v) is 10.1. The lowest BCUT2D eigenvalue weighted by Gasteiger charge is -2.17. The van der Waals surface area contributed by atoms with Gasteiger partial charge in [0.05, 0.1) is 22.8 Å². The van der Waals surface area contributed by atoms with Crippen LogP contribution in [0.15, 0.2) is 82.8 Å². The van der Waals surface area contributed by atoms with E-state index in [1.807, 2.05) is 0 Å². The molecule has 0 radical (unpaired) electrons. The van der Waals surface area contributed by atoms with E-state index in [0.29, 0.717) is 11.8 Å². The molecule has 5 rings (SSSR count). The molecule has 2 heteroatoms. The van der Waals surface area contributed by atoms with E-state index in [1.165, 1.54) is 44.2 Å². The third-order valence-electron chi connectivity index (χ3n) is 6.65. The average Bonchev–Trinajstić information content (AvgIpc) is 3.07. The summed E-state index contributed by atoms with van der Waals surface area (Å²) in [7, 11) is 0. The van der Waals surface area contributed by atoms with Gasteiger partial charge in [-0.3, -0.25) is 0 Å². The molecule has 0 N–H and O–H groups in total. The highest BCUT2D eigenvalue weighted by molar-refractivity contribution is 6.61. The van der Waals surface area contributed by atoms with Gasteiger partial charge in [-0.25, -0.2) is 9.98 Å². The van der Waals surface area contributed by atoms with Gasteiger partial charge in [0, 0.05) is 16.5 Å². The fraction of sp³-hybridized carbons (Fsp3) is 0.250. The number of aliphatic imine (C=N–C) groups is 2. The fourth-order valence-corrected chi connectivity index (χ4v) is 5.11. The third-order valence-corrected chi connectivity index (χ3v) is 6.65. The summed E-state index contributed by atoms with van der Waals surface area (Å²) in [5.41, 5.74) is 11.4. The van der Waals surface area contributed by atoms with E-state index in [0.717, 1.165) is 22.8 Å². The van der Waals surface area contributed by atoms with Gasteiger partial charge in [0.2, 0.25) is 0 Å². The van der Waals surface area contributed by atoms with Crippen molar-refractivity contribution in [1.82, 2.24) is 0 Å². The van der Waals surface area contributed by atoms with E-state index >= 15 is 0 Å². The molecule has 0 fully saturated rings. The highest BCUT2D eigenvalue weighted by Crippen LogP contribution is 2.39. The zero-order valence-corrected chi connectivity index (χ0v) is 21.0. The van der Waals surface area contributed by atoms with Gasteiger partial charge in [0.25, 0.3) is 0 Å². The highest BCUT2D eigenvalue weighted by Gasteiger charge is 2.28. The molecule has 0 saturated heterocycles. The Kier molecular flexibility index (Phi) is 5.69. The number of nitrogens with zero attached hydrogens (tertiary/aromatic N) is 2. The minimum absolute atomic E-state index is 0.387. The van der Waals surface area contributed by atoms with Crippen molar-refractivity contribution in [3.63, 3.8) is 0 Å². The minimum atomic E-state index is 0.387. The van der Waals surface area contributed by atoms with Crippen molar-refractivity contribution in [1.29, 1.82) is 0 Å². The molecule has 170 valence electrons. The molecule has 2 nitrogen and oxygen atoms in total. The van der Waals surface area contributed by atoms with Crippen molar-refractivity contribution in [2.75, 3.05) is 0 Å². The lowest BCUT2D eigenvalue weighted by atomic mass is 9.92. The van der Waals surface area contributed by atoms with E-state index in [9.17, 15) is 0 Å². The number of aryl methyl sites for hydroxylation is 2. The minimum Gasteiger partial charge on any atom is -0.246 e. The van der Waals surface area contributed by atoms with Crippen molar-refractivity contribution in [3.05, 3.63) is 106 Å². The predicted molar refractivity (Wildman–Crippen MR) is 147 cm³/mol. The van der Waals surface area contributed by atoms with Crippen LogP contribution in [0.3, 0.4) is 0 Å².